The average molecular weight is 351 g/mol. The molecule has 0 saturated heterocycles. The quantitative estimate of drug-likeness (QED) is 0.657. The molecule has 2 rings (SSSR count). The smallest absolute Gasteiger partial charge is 0.262 e. The van der Waals surface area contributed by atoms with Gasteiger partial charge in [0.2, 0.25) is 0 Å². The predicted molar refractivity (Wildman–Crippen MR) is 111 cm³/mol. The SMILES string of the molecule is CC(C)(O)C(C)(C)O.[B]c1ccc2ccn(/C(C=C)=C/C=C)c(=O)c2c1. The fourth-order valence-corrected chi connectivity index (χ4v) is 1.83. The monoisotopic (exact) mass is 351 g/mol. The van der Waals surface area contributed by atoms with Gasteiger partial charge in [-0.1, -0.05) is 42.9 Å². The molecular formula is C21H26BNO3. The Bertz CT molecular complexity index is 869. The summed E-state index contributed by atoms with van der Waals surface area (Å²) in [4.78, 5) is 12.3. The average Bonchev–Trinajstić information content (AvgIpc) is 2.53. The fourth-order valence-electron chi connectivity index (χ4n) is 1.83. The second kappa shape index (κ2) is 8.34. The predicted octanol–water partition coefficient (Wildman–Crippen LogP) is 2.54. The summed E-state index contributed by atoms with van der Waals surface area (Å²) in [7, 11) is 5.71. The number of fused-ring (bicyclic) bond motifs is 1. The van der Waals surface area contributed by atoms with Crippen molar-refractivity contribution in [3.8, 4) is 0 Å². The van der Waals surface area contributed by atoms with Crippen LogP contribution in [0.1, 0.15) is 27.7 Å². The van der Waals surface area contributed by atoms with Gasteiger partial charge in [0.05, 0.1) is 11.2 Å². The van der Waals surface area contributed by atoms with Crippen LogP contribution < -0.4 is 11.0 Å². The summed E-state index contributed by atoms with van der Waals surface area (Å²) in [5, 5.41) is 19.7. The van der Waals surface area contributed by atoms with Crippen molar-refractivity contribution in [1.82, 2.24) is 4.57 Å². The summed E-state index contributed by atoms with van der Waals surface area (Å²) < 4.78 is 1.52. The van der Waals surface area contributed by atoms with Crippen LogP contribution >= 0.6 is 0 Å². The van der Waals surface area contributed by atoms with Gasteiger partial charge in [0.15, 0.2) is 0 Å². The highest BCUT2D eigenvalue weighted by molar-refractivity contribution is 6.33. The van der Waals surface area contributed by atoms with E-state index in [4.69, 9.17) is 18.1 Å². The van der Waals surface area contributed by atoms with E-state index in [0.717, 1.165) is 5.39 Å². The second-order valence-electron chi connectivity index (χ2n) is 6.99. The summed E-state index contributed by atoms with van der Waals surface area (Å²) in [6.45, 7) is 13.6. The van der Waals surface area contributed by atoms with Crippen LogP contribution in [0.2, 0.25) is 0 Å². The first-order valence-corrected chi connectivity index (χ1v) is 8.23. The molecule has 0 fully saturated rings. The lowest BCUT2D eigenvalue weighted by Gasteiger charge is -2.31. The summed E-state index contributed by atoms with van der Waals surface area (Å²) in [6.07, 6.45) is 6.68. The lowest BCUT2D eigenvalue weighted by molar-refractivity contribution is -0.107. The Morgan fingerprint density at radius 3 is 2.15 bits per heavy atom. The summed E-state index contributed by atoms with van der Waals surface area (Å²) in [5.74, 6) is 0. The van der Waals surface area contributed by atoms with E-state index in [9.17, 15) is 4.79 Å². The molecule has 2 aromatic rings. The maximum Gasteiger partial charge on any atom is 0.262 e. The topological polar surface area (TPSA) is 62.5 Å². The van der Waals surface area contributed by atoms with Crippen LogP contribution in [0.3, 0.4) is 0 Å². The number of nitrogens with zero attached hydrogens (tertiary/aromatic N) is 1. The van der Waals surface area contributed by atoms with E-state index in [1.54, 1.807) is 64.3 Å². The lowest BCUT2D eigenvalue weighted by Crippen LogP contribution is -2.44. The molecule has 0 bridgehead atoms. The van der Waals surface area contributed by atoms with Gasteiger partial charge in [0.25, 0.3) is 5.56 Å². The van der Waals surface area contributed by atoms with E-state index >= 15 is 0 Å². The van der Waals surface area contributed by atoms with Crippen LogP contribution in [-0.4, -0.2) is 33.8 Å². The van der Waals surface area contributed by atoms with Gasteiger partial charge < -0.3 is 10.2 Å². The van der Waals surface area contributed by atoms with Crippen molar-refractivity contribution >= 4 is 29.8 Å². The number of rotatable bonds is 4. The highest BCUT2D eigenvalue weighted by Gasteiger charge is 2.31. The van der Waals surface area contributed by atoms with Crippen LogP contribution in [0.15, 0.2) is 66.6 Å². The van der Waals surface area contributed by atoms with Crippen molar-refractivity contribution in [1.29, 1.82) is 0 Å². The van der Waals surface area contributed by atoms with E-state index in [0.29, 0.717) is 16.5 Å². The third-order valence-electron chi connectivity index (χ3n) is 4.20. The van der Waals surface area contributed by atoms with Gasteiger partial charge in [-0.15, -0.1) is 0 Å². The van der Waals surface area contributed by atoms with Crippen molar-refractivity contribution in [2.45, 2.75) is 38.9 Å². The number of hydrogen-bond acceptors (Lipinski definition) is 3. The Balaban J connectivity index is 0.000000359. The van der Waals surface area contributed by atoms with E-state index in [2.05, 4.69) is 13.2 Å². The number of benzene rings is 1. The minimum Gasteiger partial charge on any atom is -0.387 e. The molecule has 26 heavy (non-hydrogen) atoms. The van der Waals surface area contributed by atoms with Crippen LogP contribution in [-0.2, 0) is 0 Å². The Morgan fingerprint density at radius 2 is 1.69 bits per heavy atom. The summed E-state index contributed by atoms with van der Waals surface area (Å²) >= 11 is 0. The number of pyridine rings is 1. The zero-order valence-electron chi connectivity index (χ0n) is 15.9. The maximum absolute atomic E-state index is 12.3. The molecule has 4 nitrogen and oxygen atoms in total. The molecule has 2 radical (unpaired) electrons. The number of hydrogen-bond donors (Lipinski definition) is 2. The molecular weight excluding hydrogens is 325 g/mol. The first-order valence-electron chi connectivity index (χ1n) is 8.23. The van der Waals surface area contributed by atoms with Crippen LogP contribution in [0, 0.1) is 0 Å². The number of aromatic nitrogens is 1. The third-order valence-corrected chi connectivity index (χ3v) is 4.20. The first kappa shape index (κ1) is 21.7. The molecule has 0 amide bonds. The molecule has 2 N–H and O–H groups in total. The Morgan fingerprint density at radius 1 is 1.12 bits per heavy atom. The van der Waals surface area contributed by atoms with Gasteiger partial charge >= 0.3 is 0 Å². The van der Waals surface area contributed by atoms with E-state index in [1.165, 1.54) is 4.57 Å². The molecule has 0 aliphatic heterocycles. The van der Waals surface area contributed by atoms with Crippen molar-refractivity contribution in [3.63, 3.8) is 0 Å². The van der Waals surface area contributed by atoms with E-state index in [1.807, 2.05) is 12.1 Å². The van der Waals surface area contributed by atoms with Crippen molar-refractivity contribution in [3.05, 3.63) is 72.2 Å². The first-order chi connectivity index (χ1) is 11.9. The van der Waals surface area contributed by atoms with Gasteiger partial charge in [0.1, 0.15) is 7.85 Å². The van der Waals surface area contributed by atoms with Crippen LogP contribution in [0.4, 0.5) is 0 Å². The fraction of sp³-hybridized carbons (Fsp3) is 0.286. The van der Waals surface area contributed by atoms with Gasteiger partial charge in [-0.05, 0) is 51.3 Å². The normalized spacial score (nSPS) is 12.3. The molecule has 0 atom stereocenters. The summed E-state index contributed by atoms with van der Waals surface area (Å²) in [6, 6.07) is 7.17. The van der Waals surface area contributed by atoms with E-state index < -0.39 is 11.2 Å². The van der Waals surface area contributed by atoms with Gasteiger partial charge in [-0.2, -0.15) is 0 Å². The molecule has 5 heteroatoms. The highest BCUT2D eigenvalue weighted by Crippen LogP contribution is 2.19. The minimum absolute atomic E-state index is 0.118. The van der Waals surface area contributed by atoms with Gasteiger partial charge in [0, 0.05) is 17.3 Å². The molecule has 0 spiro atoms. The molecule has 1 heterocycles. The third kappa shape index (κ3) is 5.31. The Kier molecular flexibility index (Phi) is 6.96. The highest BCUT2D eigenvalue weighted by atomic mass is 16.3. The minimum atomic E-state index is -1.01. The molecule has 0 aliphatic carbocycles. The zero-order valence-corrected chi connectivity index (χ0v) is 15.9. The van der Waals surface area contributed by atoms with Crippen LogP contribution in [0.25, 0.3) is 16.5 Å². The molecule has 0 saturated carbocycles. The van der Waals surface area contributed by atoms with Crippen molar-refractivity contribution in [2.75, 3.05) is 0 Å². The largest absolute Gasteiger partial charge is 0.387 e. The molecule has 136 valence electrons. The molecule has 1 aromatic heterocycles. The zero-order chi connectivity index (χ0) is 20.1. The van der Waals surface area contributed by atoms with Crippen molar-refractivity contribution in [2.24, 2.45) is 0 Å². The summed E-state index contributed by atoms with van der Waals surface area (Å²) in [5.41, 5.74) is -0.877. The number of allylic oxidation sites excluding steroid dienone is 4. The van der Waals surface area contributed by atoms with Crippen LogP contribution in [0.5, 0.6) is 0 Å². The van der Waals surface area contributed by atoms with Gasteiger partial charge in [-0.25, -0.2) is 0 Å². The van der Waals surface area contributed by atoms with E-state index in [-0.39, 0.29) is 5.56 Å². The number of aliphatic hydroxyl groups is 2. The Hall–Kier alpha value is -2.37. The molecule has 1 aromatic carbocycles. The standard InChI is InChI=1S/C15H12BNO.C6H14O2/c1-3-5-13(4-2)17-9-8-11-6-7-12(16)10-14(11)15(17)18;1-5(2,7)6(3,4)8/h3-10H,1-2H2;7-8H,1-4H3/b13-5+;. The molecule has 0 aliphatic rings. The maximum atomic E-state index is 12.3. The van der Waals surface area contributed by atoms with Gasteiger partial charge in [-0.3, -0.25) is 9.36 Å². The Labute approximate surface area is 156 Å². The second-order valence-corrected chi connectivity index (χ2v) is 6.99. The lowest BCUT2D eigenvalue weighted by atomic mass is 9.90. The van der Waals surface area contributed by atoms with Crippen molar-refractivity contribution < 1.29 is 10.2 Å². The molecule has 0 unspecified atom stereocenters.